The van der Waals surface area contributed by atoms with Gasteiger partial charge in [-0.2, -0.15) is 5.10 Å². The molecule has 210 valence electrons. The Morgan fingerprint density at radius 1 is 1.25 bits per heavy atom. The topological polar surface area (TPSA) is 108 Å². The Hall–Kier alpha value is -3.28. The van der Waals surface area contributed by atoms with Crippen LogP contribution in [0.3, 0.4) is 0 Å². The molecule has 11 heteroatoms. The number of nitrogens with zero attached hydrogens (tertiary/aromatic N) is 5. The Kier molecular flexibility index (Phi) is 7.03. The first-order valence-electron chi connectivity index (χ1n) is 14.4. The number of nitrogens with one attached hydrogen (secondary N) is 2. The van der Waals surface area contributed by atoms with Gasteiger partial charge in [0.05, 0.1) is 42.0 Å². The van der Waals surface area contributed by atoms with Gasteiger partial charge < -0.3 is 19.7 Å². The van der Waals surface area contributed by atoms with Gasteiger partial charge in [-0.15, -0.1) is 11.3 Å². The number of aromatic amines is 1. The molecule has 0 unspecified atom stereocenters. The summed E-state index contributed by atoms with van der Waals surface area (Å²) in [5.74, 6) is 1.82. The zero-order chi connectivity index (χ0) is 27.1. The summed E-state index contributed by atoms with van der Waals surface area (Å²) in [6.07, 6.45) is 8.41. The van der Waals surface area contributed by atoms with Crippen molar-refractivity contribution >= 4 is 49.9 Å². The molecule has 2 atom stereocenters. The van der Waals surface area contributed by atoms with Crippen LogP contribution in [0.4, 0.5) is 11.5 Å². The second-order valence-corrected chi connectivity index (χ2v) is 12.2. The van der Waals surface area contributed by atoms with Crippen LogP contribution < -0.4 is 10.1 Å². The van der Waals surface area contributed by atoms with Gasteiger partial charge in [0.2, 0.25) is 5.91 Å². The normalized spacial score (nSPS) is 21.7. The quantitative estimate of drug-likeness (QED) is 0.347. The van der Waals surface area contributed by atoms with Gasteiger partial charge in [-0.25, -0.2) is 9.97 Å². The third-order valence-electron chi connectivity index (χ3n) is 8.50. The minimum Gasteiger partial charge on any atom is -0.490 e. The van der Waals surface area contributed by atoms with Crippen LogP contribution in [-0.2, 0) is 22.4 Å². The van der Waals surface area contributed by atoms with E-state index in [1.165, 1.54) is 23.3 Å². The Morgan fingerprint density at radius 3 is 3.02 bits per heavy atom. The summed E-state index contributed by atoms with van der Waals surface area (Å²) in [4.78, 5) is 29.4. The first-order valence-corrected chi connectivity index (χ1v) is 15.2. The number of fused-ring (bicyclic) bond motifs is 4. The second kappa shape index (κ2) is 10.9. The largest absolute Gasteiger partial charge is 0.490 e. The molecular formula is C29H35N7O3S. The lowest BCUT2D eigenvalue weighted by atomic mass is 9.86. The van der Waals surface area contributed by atoms with E-state index in [2.05, 4.69) is 43.4 Å². The van der Waals surface area contributed by atoms with E-state index in [1.807, 2.05) is 17.2 Å². The van der Waals surface area contributed by atoms with Crippen LogP contribution >= 0.6 is 11.3 Å². The SMILES string of the molecule is C[C@@H]1COCCN1C(=O)[C@H]1CCc2c(sc3ncnc(Nc4cc5cn[nH]c5cc4OCCN4CCCC4)c23)C1. The van der Waals surface area contributed by atoms with Crippen molar-refractivity contribution in [1.29, 1.82) is 0 Å². The van der Waals surface area contributed by atoms with E-state index in [0.29, 0.717) is 26.4 Å². The van der Waals surface area contributed by atoms with Crippen LogP contribution in [0, 0.1) is 5.92 Å². The Bertz CT molecular complexity index is 1530. The average molecular weight is 562 g/mol. The van der Waals surface area contributed by atoms with E-state index in [1.54, 1.807) is 17.7 Å². The van der Waals surface area contributed by atoms with Crippen molar-refractivity contribution in [2.75, 3.05) is 51.3 Å². The maximum Gasteiger partial charge on any atom is 0.226 e. The van der Waals surface area contributed by atoms with Crippen molar-refractivity contribution in [3.8, 4) is 5.75 Å². The molecule has 2 saturated heterocycles. The zero-order valence-electron chi connectivity index (χ0n) is 22.8. The third-order valence-corrected chi connectivity index (χ3v) is 9.66. The van der Waals surface area contributed by atoms with E-state index in [4.69, 9.17) is 9.47 Å². The molecule has 10 nitrogen and oxygen atoms in total. The standard InChI is InChI=1S/C29H35N7O3S/c1-18-16-38-10-9-36(18)29(37)19-4-5-21-25(13-19)40-28-26(21)27(30-17-31-28)33-23-12-20-15-32-34-22(20)14-24(23)39-11-8-35-6-2-3-7-35/h12,14-15,17-19H,2-11,13,16H2,1H3,(H,32,34)(H,30,31,33)/t18-,19+/m1/s1. The summed E-state index contributed by atoms with van der Waals surface area (Å²) in [6, 6.07) is 4.21. The Labute approximate surface area is 237 Å². The number of ether oxygens (including phenoxy) is 2. The fourth-order valence-corrected chi connectivity index (χ4v) is 7.58. The minimum absolute atomic E-state index is 0.00425. The van der Waals surface area contributed by atoms with Crippen molar-refractivity contribution < 1.29 is 14.3 Å². The molecule has 2 N–H and O–H groups in total. The summed E-state index contributed by atoms with van der Waals surface area (Å²) < 4.78 is 11.9. The molecular weight excluding hydrogens is 526 g/mol. The molecule has 2 aliphatic heterocycles. The number of likely N-dealkylation sites (tertiary alicyclic amines) is 1. The number of thiophene rings is 1. The highest BCUT2D eigenvalue weighted by atomic mass is 32.1. The molecule has 5 heterocycles. The first-order chi connectivity index (χ1) is 19.6. The van der Waals surface area contributed by atoms with Gasteiger partial charge in [0.1, 0.15) is 29.3 Å². The number of amides is 1. The summed E-state index contributed by atoms with van der Waals surface area (Å²) >= 11 is 1.69. The summed E-state index contributed by atoms with van der Waals surface area (Å²) in [7, 11) is 0. The molecule has 3 aromatic heterocycles. The predicted molar refractivity (Wildman–Crippen MR) is 155 cm³/mol. The van der Waals surface area contributed by atoms with Crippen LogP contribution in [0.25, 0.3) is 21.1 Å². The number of anilines is 2. The van der Waals surface area contributed by atoms with Gasteiger partial charge in [0.25, 0.3) is 0 Å². The highest BCUT2D eigenvalue weighted by Crippen LogP contribution is 2.42. The van der Waals surface area contributed by atoms with Crippen LogP contribution in [0.5, 0.6) is 5.75 Å². The van der Waals surface area contributed by atoms with Gasteiger partial charge in [0.15, 0.2) is 0 Å². The lowest BCUT2D eigenvalue weighted by molar-refractivity contribution is -0.143. The first kappa shape index (κ1) is 25.7. The highest BCUT2D eigenvalue weighted by Gasteiger charge is 2.34. The Morgan fingerprint density at radius 2 is 2.15 bits per heavy atom. The number of aromatic nitrogens is 4. The van der Waals surface area contributed by atoms with Crippen LogP contribution in [0.2, 0.25) is 0 Å². The number of benzene rings is 1. The molecule has 3 aliphatic rings. The lowest BCUT2D eigenvalue weighted by Gasteiger charge is -2.36. The maximum absolute atomic E-state index is 13.4. The zero-order valence-corrected chi connectivity index (χ0v) is 23.6. The Balaban J connectivity index is 1.15. The maximum atomic E-state index is 13.4. The number of H-pyrrole nitrogens is 1. The van der Waals surface area contributed by atoms with E-state index in [9.17, 15) is 4.79 Å². The van der Waals surface area contributed by atoms with E-state index in [0.717, 1.165) is 77.3 Å². The van der Waals surface area contributed by atoms with Crippen molar-refractivity contribution in [1.82, 2.24) is 30.0 Å². The number of morpholine rings is 1. The van der Waals surface area contributed by atoms with E-state index < -0.39 is 0 Å². The lowest BCUT2D eigenvalue weighted by Crippen LogP contribution is -2.50. The number of carbonyl (C=O) groups is 1. The van der Waals surface area contributed by atoms with Gasteiger partial charge in [0, 0.05) is 35.3 Å². The molecule has 0 bridgehead atoms. The van der Waals surface area contributed by atoms with Crippen molar-refractivity contribution in [3.05, 3.63) is 35.1 Å². The third kappa shape index (κ3) is 4.90. The van der Waals surface area contributed by atoms with E-state index >= 15 is 0 Å². The molecule has 1 amide bonds. The van der Waals surface area contributed by atoms with Gasteiger partial charge in [-0.05, 0) is 63.7 Å². The smallest absolute Gasteiger partial charge is 0.226 e. The van der Waals surface area contributed by atoms with Gasteiger partial charge >= 0.3 is 0 Å². The second-order valence-electron chi connectivity index (χ2n) is 11.1. The highest BCUT2D eigenvalue weighted by molar-refractivity contribution is 7.19. The number of rotatable bonds is 7. The number of hydrogen-bond acceptors (Lipinski definition) is 9. The fraction of sp³-hybridized carbons (Fsp3) is 0.517. The van der Waals surface area contributed by atoms with Gasteiger partial charge in [-0.1, -0.05) is 0 Å². The molecule has 0 saturated carbocycles. The molecule has 4 aromatic rings. The fourth-order valence-electron chi connectivity index (χ4n) is 6.31. The predicted octanol–water partition coefficient (Wildman–Crippen LogP) is 4.14. The average Bonchev–Trinajstić information content (AvgIpc) is 3.73. The monoisotopic (exact) mass is 561 g/mol. The molecule has 2 fully saturated rings. The number of hydrogen-bond donors (Lipinski definition) is 2. The van der Waals surface area contributed by atoms with E-state index in [-0.39, 0.29) is 17.9 Å². The van der Waals surface area contributed by atoms with Gasteiger partial charge in [-0.3, -0.25) is 14.8 Å². The number of carbonyl (C=O) groups excluding carboxylic acids is 1. The molecule has 40 heavy (non-hydrogen) atoms. The molecule has 1 aliphatic carbocycles. The molecule has 7 rings (SSSR count). The van der Waals surface area contributed by atoms with Crippen LogP contribution in [-0.4, -0.2) is 87.9 Å². The summed E-state index contributed by atoms with van der Waals surface area (Å²) in [6.45, 7) is 7.82. The summed E-state index contributed by atoms with van der Waals surface area (Å²) in [5.41, 5.74) is 3.07. The summed E-state index contributed by atoms with van der Waals surface area (Å²) in [5, 5.41) is 12.9. The molecule has 0 spiro atoms. The minimum atomic E-state index is 0.00425. The molecule has 0 radical (unpaired) electrons. The van der Waals surface area contributed by atoms with Crippen molar-refractivity contribution in [3.63, 3.8) is 0 Å². The van der Waals surface area contributed by atoms with Crippen molar-refractivity contribution in [2.24, 2.45) is 5.92 Å². The van der Waals surface area contributed by atoms with Crippen LogP contribution in [0.1, 0.15) is 36.6 Å². The van der Waals surface area contributed by atoms with Crippen LogP contribution in [0.15, 0.2) is 24.7 Å². The van der Waals surface area contributed by atoms with Crippen molar-refractivity contribution in [2.45, 2.75) is 45.1 Å². The molecule has 1 aromatic carbocycles. The number of aryl methyl sites for hydroxylation is 1.